The standard InChI is InChI=1S/C16H16FNO2/c17-14-3-1-2-12(8-14)6-7-18-10-13-4-5-15-16(9-13)20-11-19-15/h1-5,8-9,18H,6-7,10-11H2/p+1. The minimum absolute atomic E-state index is 0.168. The van der Waals surface area contributed by atoms with E-state index in [0.717, 1.165) is 36.6 Å². The number of nitrogens with two attached hydrogens (primary N) is 1. The number of hydrogen-bond acceptors (Lipinski definition) is 2. The highest BCUT2D eigenvalue weighted by atomic mass is 19.1. The minimum Gasteiger partial charge on any atom is -0.454 e. The molecule has 1 heterocycles. The van der Waals surface area contributed by atoms with Gasteiger partial charge in [-0.15, -0.1) is 0 Å². The van der Waals surface area contributed by atoms with Gasteiger partial charge in [0.2, 0.25) is 6.79 Å². The summed E-state index contributed by atoms with van der Waals surface area (Å²) in [5.74, 6) is 1.47. The van der Waals surface area contributed by atoms with Crippen LogP contribution in [0.5, 0.6) is 11.5 Å². The number of hydrogen-bond donors (Lipinski definition) is 1. The molecule has 0 aliphatic carbocycles. The summed E-state index contributed by atoms with van der Waals surface area (Å²) in [6, 6.07) is 12.8. The maximum absolute atomic E-state index is 13.0. The Morgan fingerprint density at radius 3 is 2.80 bits per heavy atom. The summed E-state index contributed by atoms with van der Waals surface area (Å²) in [5.41, 5.74) is 2.24. The topological polar surface area (TPSA) is 35.1 Å². The highest BCUT2D eigenvalue weighted by Crippen LogP contribution is 2.32. The summed E-state index contributed by atoms with van der Waals surface area (Å²) in [5, 5.41) is 2.21. The van der Waals surface area contributed by atoms with Gasteiger partial charge in [0.05, 0.1) is 6.54 Å². The Morgan fingerprint density at radius 1 is 1.00 bits per heavy atom. The van der Waals surface area contributed by atoms with Crippen molar-refractivity contribution in [2.24, 2.45) is 0 Å². The molecule has 104 valence electrons. The number of rotatable bonds is 5. The predicted molar refractivity (Wildman–Crippen MR) is 73.2 cm³/mol. The van der Waals surface area contributed by atoms with E-state index in [1.165, 1.54) is 11.6 Å². The first-order valence-corrected chi connectivity index (χ1v) is 6.76. The van der Waals surface area contributed by atoms with Gasteiger partial charge in [-0.3, -0.25) is 0 Å². The van der Waals surface area contributed by atoms with Gasteiger partial charge in [-0.1, -0.05) is 12.1 Å². The second kappa shape index (κ2) is 5.92. The fourth-order valence-corrected chi connectivity index (χ4v) is 2.30. The van der Waals surface area contributed by atoms with Crippen LogP contribution in [-0.4, -0.2) is 13.3 Å². The molecular formula is C16H17FNO2+. The molecule has 20 heavy (non-hydrogen) atoms. The van der Waals surface area contributed by atoms with Gasteiger partial charge < -0.3 is 14.8 Å². The van der Waals surface area contributed by atoms with Crippen molar-refractivity contribution < 1.29 is 19.2 Å². The van der Waals surface area contributed by atoms with E-state index in [0.29, 0.717) is 6.79 Å². The molecule has 0 atom stereocenters. The second-order valence-electron chi connectivity index (χ2n) is 4.85. The van der Waals surface area contributed by atoms with Crippen LogP contribution < -0.4 is 14.8 Å². The monoisotopic (exact) mass is 274 g/mol. The smallest absolute Gasteiger partial charge is 0.231 e. The van der Waals surface area contributed by atoms with Crippen molar-refractivity contribution in [1.29, 1.82) is 0 Å². The van der Waals surface area contributed by atoms with Crippen LogP contribution in [0.3, 0.4) is 0 Å². The Bertz CT molecular complexity index is 601. The normalized spacial score (nSPS) is 12.7. The SMILES string of the molecule is Fc1cccc(CC[NH2+]Cc2ccc3c(c2)OCO3)c1. The van der Waals surface area contributed by atoms with Crippen LogP contribution >= 0.6 is 0 Å². The molecule has 0 fully saturated rings. The Labute approximate surface area is 117 Å². The molecular weight excluding hydrogens is 257 g/mol. The molecule has 2 aromatic carbocycles. The van der Waals surface area contributed by atoms with Gasteiger partial charge in [0.1, 0.15) is 12.4 Å². The van der Waals surface area contributed by atoms with Crippen molar-refractivity contribution in [3.8, 4) is 11.5 Å². The molecule has 3 nitrogen and oxygen atoms in total. The number of quaternary nitrogens is 1. The Hall–Kier alpha value is -2.07. The third-order valence-corrected chi connectivity index (χ3v) is 3.34. The highest BCUT2D eigenvalue weighted by Gasteiger charge is 2.13. The van der Waals surface area contributed by atoms with E-state index in [4.69, 9.17) is 9.47 Å². The molecule has 3 rings (SSSR count). The van der Waals surface area contributed by atoms with Gasteiger partial charge in [0.15, 0.2) is 11.5 Å². The highest BCUT2D eigenvalue weighted by molar-refractivity contribution is 5.44. The van der Waals surface area contributed by atoms with E-state index in [1.54, 1.807) is 12.1 Å². The molecule has 4 heteroatoms. The number of ether oxygens (including phenoxy) is 2. The predicted octanol–water partition coefficient (Wildman–Crippen LogP) is 1.86. The molecule has 2 aromatic rings. The van der Waals surface area contributed by atoms with Gasteiger partial charge in [0, 0.05) is 12.0 Å². The van der Waals surface area contributed by atoms with Crippen molar-refractivity contribution in [1.82, 2.24) is 0 Å². The summed E-state index contributed by atoms with van der Waals surface area (Å²) in [6.45, 7) is 2.12. The zero-order chi connectivity index (χ0) is 13.8. The van der Waals surface area contributed by atoms with Gasteiger partial charge in [-0.2, -0.15) is 0 Å². The number of benzene rings is 2. The summed E-state index contributed by atoms with van der Waals surface area (Å²) in [4.78, 5) is 0. The molecule has 0 radical (unpaired) electrons. The van der Waals surface area contributed by atoms with Crippen molar-refractivity contribution in [2.45, 2.75) is 13.0 Å². The van der Waals surface area contributed by atoms with Crippen molar-refractivity contribution in [3.05, 3.63) is 59.4 Å². The zero-order valence-electron chi connectivity index (χ0n) is 11.1. The van der Waals surface area contributed by atoms with Gasteiger partial charge >= 0.3 is 0 Å². The van der Waals surface area contributed by atoms with E-state index in [-0.39, 0.29) is 5.82 Å². The van der Waals surface area contributed by atoms with Crippen LogP contribution in [0.25, 0.3) is 0 Å². The maximum atomic E-state index is 13.0. The minimum atomic E-state index is -0.168. The second-order valence-corrected chi connectivity index (χ2v) is 4.85. The molecule has 0 saturated carbocycles. The van der Waals surface area contributed by atoms with Crippen molar-refractivity contribution >= 4 is 0 Å². The van der Waals surface area contributed by atoms with E-state index < -0.39 is 0 Å². The van der Waals surface area contributed by atoms with Crippen molar-refractivity contribution in [3.63, 3.8) is 0 Å². The molecule has 0 saturated heterocycles. The number of fused-ring (bicyclic) bond motifs is 1. The molecule has 0 aromatic heterocycles. The van der Waals surface area contributed by atoms with Crippen LogP contribution in [0, 0.1) is 5.82 Å². The molecule has 0 unspecified atom stereocenters. The summed E-state index contributed by atoms with van der Waals surface area (Å²) in [7, 11) is 0. The maximum Gasteiger partial charge on any atom is 0.231 e. The molecule has 1 aliphatic heterocycles. The first kappa shape index (κ1) is 12.9. The molecule has 0 amide bonds. The lowest BCUT2D eigenvalue weighted by molar-refractivity contribution is -0.670. The van der Waals surface area contributed by atoms with E-state index in [2.05, 4.69) is 5.32 Å². The van der Waals surface area contributed by atoms with Crippen LogP contribution in [0.4, 0.5) is 4.39 Å². The first-order chi connectivity index (χ1) is 9.81. The largest absolute Gasteiger partial charge is 0.454 e. The average molecular weight is 274 g/mol. The molecule has 1 aliphatic rings. The van der Waals surface area contributed by atoms with Crippen molar-refractivity contribution in [2.75, 3.05) is 13.3 Å². The average Bonchev–Trinajstić information content (AvgIpc) is 2.91. The van der Waals surface area contributed by atoms with Crippen LogP contribution in [0.1, 0.15) is 11.1 Å². The van der Waals surface area contributed by atoms with Gasteiger partial charge in [-0.05, 0) is 35.9 Å². The van der Waals surface area contributed by atoms with Crippen LogP contribution in [0.15, 0.2) is 42.5 Å². The van der Waals surface area contributed by atoms with E-state index in [1.807, 2.05) is 24.3 Å². The zero-order valence-corrected chi connectivity index (χ0v) is 11.1. The lowest BCUT2D eigenvalue weighted by atomic mass is 10.1. The van der Waals surface area contributed by atoms with Gasteiger partial charge in [0.25, 0.3) is 0 Å². The van der Waals surface area contributed by atoms with Crippen LogP contribution in [-0.2, 0) is 13.0 Å². The third-order valence-electron chi connectivity index (χ3n) is 3.34. The quantitative estimate of drug-likeness (QED) is 0.845. The lowest BCUT2D eigenvalue weighted by Crippen LogP contribution is -2.83. The van der Waals surface area contributed by atoms with E-state index >= 15 is 0 Å². The fraction of sp³-hybridized carbons (Fsp3) is 0.250. The summed E-state index contributed by atoms with van der Waals surface area (Å²) < 4.78 is 23.7. The lowest BCUT2D eigenvalue weighted by Gasteiger charge is -2.04. The molecule has 2 N–H and O–H groups in total. The number of halogens is 1. The van der Waals surface area contributed by atoms with Crippen LogP contribution in [0.2, 0.25) is 0 Å². The Balaban J connectivity index is 1.48. The summed E-state index contributed by atoms with van der Waals surface area (Å²) >= 11 is 0. The Kier molecular flexibility index (Phi) is 3.83. The first-order valence-electron chi connectivity index (χ1n) is 6.76. The summed E-state index contributed by atoms with van der Waals surface area (Å²) in [6.07, 6.45) is 0.863. The Morgan fingerprint density at radius 2 is 1.90 bits per heavy atom. The van der Waals surface area contributed by atoms with E-state index in [9.17, 15) is 4.39 Å². The van der Waals surface area contributed by atoms with Gasteiger partial charge in [-0.25, -0.2) is 4.39 Å². The molecule has 0 spiro atoms. The third kappa shape index (κ3) is 3.08. The molecule has 0 bridgehead atoms. The fourth-order valence-electron chi connectivity index (χ4n) is 2.30.